The summed E-state index contributed by atoms with van der Waals surface area (Å²) in [4.78, 5) is 19.4. The van der Waals surface area contributed by atoms with Crippen LogP contribution >= 0.6 is 0 Å². The highest BCUT2D eigenvalue weighted by atomic mass is 16.5. The second kappa shape index (κ2) is 58.4. The molecule has 7 aromatic rings. The molecule has 0 saturated heterocycles. The van der Waals surface area contributed by atoms with E-state index in [9.17, 15) is 10.5 Å². The number of benzene rings is 4. The Hall–Kier alpha value is -9.62. The van der Waals surface area contributed by atoms with E-state index in [0.717, 1.165) is 132 Å². The maximum atomic E-state index is 9.92. The first-order chi connectivity index (χ1) is 60.3. The minimum atomic E-state index is 0.533. The zero-order chi connectivity index (χ0) is 85.5. The second-order valence-corrected chi connectivity index (χ2v) is 33.9. The Morgan fingerprint density at radius 1 is 0.246 bits per heavy atom. The van der Waals surface area contributed by atoms with Gasteiger partial charge in [-0.3, -0.25) is 0 Å². The Kier molecular flexibility index (Phi) is 46.1. The molecule has 0 unspecified atom stereocenters. The van der Waals surface area contributed by atoms with Gasteiger partial charge in [0.05, 0.1) is 108 Å². The molecule has 0 radical (unpaired) electrons. The minimum absolute atomic E-state index is 0.533. The highest BCUT2D eigenvalue weighted by Gasteiger charge is 2.25. The average Bonchev–Trinajstić information content (AvgIpc) is 1.71. The fraction of sp³-hybridized carbons (Fsp3) is 0.545. The van der Waals surface area contributed by atoms with Crippen LogP contribution in [0.25, 0.3) is 68.6 Å². The molecule has 0 atom stereocenters. The highest BCUT2D eigenvalue weighted by molar-refractivity contribution is 5.96. The van der Waals surface area contributed by atoms with Crippen molar-refractivity contribution in [3.05, 3.63) is 153 Å². The van der Waals surface area contributed by atoms with Gasteiger partial charge in [0.2, 0.25) is 11.5 Å². The lowest BCUT2D eigenvalue weighted by Crippen LogP contribution is -2.07. The summed E-state index contributed by atoms with van der Waals surface area (Å²) < 4.78 is 42.5. The van der Waals surface area contributed by atoms with Gasteiger partial charge in [-0.25, -0.2) is 9.97 Å². The Bertz CT molecular complexity index is 4280. The molecule has 0 fully saturated rings. The van der Waals surface area contributed by atoms with Crippen molar-refractivity contribution in [3.8, 4) is 92.6 Å². The van der Waals surface area contributed by atoms with Gasteiger partial charge < -0.3 is 38.4 Å². The summed E-state index contributed by atoms with van der Waals surface area (Å²) in [6.07, 6.45) is 65.4. The number of fused-ring (bicyclic) bond motifs is 8. The number of rotatable bonds is 62. The van der Waals surface area contributed by atoms with Crippen molar-refractivity contribution < 1.29 is 28.4 Å². The lowest BCUT2D eigenvalue weighted by molar-refractivity contribution is 0.234. The van der Waals surface area contributed by atoms with Crippen molar-refractivity contribution in [2.45, 2.75) is 350 Å². The zero-order valence-corrected chi connectivity index (χ0v) is 76.0. The molecule has 0 amide bonds. The highest BCUT2D eigenvalue weighted by Crippen LogP contribution is 2.47. The van der Waals surface area contributed by atoms with E-state index in [4.69, 9.17) is 38.4 Å². The van der Waals surface area contributed by atoms with Gasteiger partial charge in [0, 0.05) is 33.3 Å². The largest absolute Gasteiger partial charge is 0.490 e. The molecule has 12 heteroatoms. The van der Waals surface area contributed by atoms with E-state index in [-0.39, 0.29) is 0 Å². The predicted octanol–water partition coefficient (Wildman–Crippen LogP) is 31.6. The van der Waals surface area contributed by atoms with Gasteiger partial charge in [0.1, 0.15) is 0 Å². The first-order valence-electron chi connectivity index (χ1n) is 48.6. The van der Waals surface area contributed by atoms with E-state index < -0.39 is 0 Å². The van der Waals surface area contributed by atoms with Gasteiger partial charge >= 0.3 is 0 Å². The number of nitrogens with zero attached hydrogens (tertiary/aromatic N) is 4. The molecule has 5 heterocycles. The normalized spacial score (nSPS) is 11.4. The summed E-state index contributed by atoms with van der Waals surface area (Å²) >= 11 is 0. The van der Waals surface area contributed by atoms with Crippen molar-refractivity contribution in [1.82, 2.24) is 19.9 Å². The molecule has 3 aromatic heterocycles. The van der Waals surface area contributed by atoms with Crippen molar-refractivity contribution in [1.29, 1.82) is 10.5 Å². The Balaban J connectivity index is 1.28. The van der Waals surface area contributed by atoms with E-state index in [1.54, 1.807) is 0 Å². The van der Waals surface area contributed by atoms with E-state index in [1.165, 1.54) is 231 Å². The maximum Gasteiger partial charge on any atom is 0.203 e. The quantitative estimate of drug-likeness (QED) is 0.0277. The third-order valence-corrected chi connectivity index (χ3v) is 23.6. The number of nitriles is 2. The summed E-state index contributed by atoms with van der Waals surface area (Å²) in [6, 6.07) is 36.5. The summed E-state index contributed by atoms with van der Waals surface area (Å²) in [5.41, 5.74) is 13.2. The maximum absolute atomic E-state index is 9.92. The monoisotopic (exact) mass is 1650 g/mol. The number of hydrogen-bond acceptors (Lipinski definition) is 10. The molecule has 2 aliphatic heterocycles. The molecular weight excluding hydrogens is 1500 g/mol. The van der Waals surface area contributed by atoms with Gasteiger partial charge in [-0.2, -0.15) is 10.5 Å². The van der Waals surface area contributed by atoms with Crippen LogP contribution in [-0.2, 0) is 0 Å². The number of hydrogen-bond donors (Lipinski definition) is 2. The zero-order valence-electron chi connectivity index (χ0n) is 76.0. The first kappa shape index (κ1) is 96.2. The molecule has 2 N–H and O–H groups in total. The number of ether oxygens (including phenoxy) is 6. The molecule has 2 aliphatic rings. The summed E-state index contributed by atoms with van der Waals surface area (Å²) in [6.45, 7) is 16.9. The Morgan fingerprint density at radius 2 is 0.467 bits per heavy atom. The van der Waals surface area contributed by atoms with Crippen molar-refractivity contribution in [2.75, 3.05) is 39.6 Å². The predicted molar refractivity (Wildman–Crippen MR) is 513 cm³/mol. The van der Waals surface area contributed by atoms with Gasteiger partial charge in [-0.1, -0.05) is 335 Å². The van der Waals surface area contributed by atoms with Crippen LogP contribution in [0.2, 0.25) is 0 Å². The average molecular weight is 1650 g/mol. The number of aromatic amines is 2. The van der Waals surface area contributed by atoms with Crippen LogP contribution in [-0.4, -0.2) is 59.6 Å². The summed E-state index contributed by atoms with van der Waals surface area (Å²) in [7, 11) is 0. The van der Waals surface area contributed by atoms with Crippen molar-refractivity contribution >= 4 is 46.4 Å². The number of H-pyrrole nitrogens is 2. The van der Waals surface area contributed by atoms with Crippen LogP contribution in [0.4, 0.5) is 0 Å². The van der Waals surface area contributed by atoms with Gasteiger partial charge in [0.15, 0.2) is 23.0 Å². The van der Waals surface area contributed by atoms with Gasteiger partial charge in [-0.05, 0) is 171 Å². The van der Waals surface area contributed by atoms with E-state index in [1.807, 2.05) is 48.5 Å². The SMILES string of the molecule is CCCCCCCCCCOc1cc(-c2c3nc(c(C#Cc4ccc(C#N)cc4)c4ccc([nH]4)c(-c4cc(OCCCCCCCCCC)c(OCCCCCCCCCC)c(OCCCCCCCCCC)c4)c4nc(c(C#Cc5ccc(C#N)cc5)c5ccc2[nH]5)C=C4)C=C3)cc(OCCCCCCCCCC)c1OCCCCCCCCCC. The van der Waals surface area contributed by atoms with E-state index in [2.05, 4.69) is 160 Å². The molecule has 0 spiro atoms. The number of unbranched alkanes of at least 4 members (excludes halogenated alkanes) is 42. The number of nitrogens with one attached hydrogen (secondary N) is 2. The standard InChI is InChI=1S/C110H148N6O6/c1-7-13-19-25-31-37-43-49-75-117-103-81-91(82-104(118-76-50-44-38-32-26-20-14-8-2)109(103)121-79-53-47-41-35-29-23-17-11-5)107-99-71-67-95(113-99)93(65-63-87-55-59-89(85-111)60-56-87)97-69-73-101(115-97)108(102-74-70-98(116-102)94(96-68-72-100(107)114-96)66-64-88-57-61-90(86-112)62-58-88)92-83-105(119-77-51-45-39-33-27-21-15-9-3)110(122-80-54-48-42-36-30-24-18-12-6)106(84-92)120-78-52-46-40-34-28-22-16-10-4/h55-62,67-74,81-84,113,116H,7-54,75-80H2,1-6H3. The second-order valence-electron chi connectivity index (χ2n) is 33.9. The fourth-order valence-electron chi connectivity index (χ4n) is 16.2. The smallest absolute Gasteiger partial charge is 0.203 e. The molecule has 8 bridgehead atoms. The topological polar surface area (TPSA) is 160 Å². The molecule has 122 heavy (non-hydrogen) atoms. The molecular formula is C110H148N6O6. The summed E-state index contributed by atoms with van der Waals surface area (Å²) in [5, 5.41) is 19.8. The fourth-order valence-corrected chi connectivity index (χ4v) is 16.2. The molecule has 12 nitrogen and oxygen atoms in total. The van der Waals surface area contributed by atoms with Gasteiger partial charge in [0.25, 0.3) is 0 Å². The van der Waals surface area contributed by atoms with Crippen LogP contribution in [0.1, 0.15) is 406 Å². The minimum Gasteiger partial charge on any atom is -0.490 e. The lowest BCUT2D eigenvalue weighted by Gasteiger charge is -2.19. The Morgan fingerprint density at radius 3 is 0.721 bits per heavy atom. The van der Waals surface area contributed by atoms with Crippen LogP contribution in [0, 0.1) is 46.3 Å². The van der Waals surface area contributed by atoms with Crippen molar-refractivity contribution in [2.24, 2.45) is 0 Å². The number of aromatic nitrogens is 4. The van der Waals surface area contributed by atoms with Crippen LogP contribution < -0.4 is 28.4 Å². The van der Waals surface area contributed by atoms with Crippen molar-refractivity contribution in [3.63, 3.8) is 0 Å². The van der Waals surface area contributed by atoms with E-state index in [0.29, 0.717) is 119 Å². The summed E-state index contributed by atoms with van der Waals surface area (Å²) in [5.74, 6) is 18.3. The van der Waals surface area contributed by atoms with Gasteiger partial charge in [-0.15, -0.1) is 0 Å². The van der Waals surface area contributed by atoms with Crippen LogP contribution in [0.3, 0.4) is 0 Å². The third kappa shape index (κ3) is 33.6. The Labute approximate surface area is 736 Å². The molecule has 9 rings (SSSR count). The molecule has 0 saturated carbocycles. The lowest BCUT2D eigenvalue weighted by atomic mass is 10.0. The molecule has 4 aromatic carbocycles. The third-order valence-electron chi connectivity index (χ3n) is 23.6. The van der Waals surface area contributed by atoms with Crippen LogP contribution in [0.15, 0.2) is 97.1 Å². The first-order valence-corrected chi connectivity index (χ1v) is 48.6. The molecule has 0 aliphatic carbocycles. The van der Waals surface area contributed by atoms with Crippen LogP contribution in [0.5, 0.6) is 34.5 Å². The molecule has 654 valence electrons. The van der Waals surface area contributed by atoms with E-state index >= 15 is 0 Å².